The zero-order valence-corrected chi connectivity index (χ0v) is 8.80. The molecule has 0 aromatic heterocycles. The van der Waals surface area contributed by atoms with Gasteiger partial charge in [0.25, 0.3) is 0 Å². The summed E-state index contributed by atoms with van der Waals surface area (Å²) in [5, 5.41) is 3.81. The summed E-state index contributed by atoms with van der Waals surface area (Å²) in [6.45, 7) is 0. The fourth-order valence-electron chi connectivity index (χ4n) is 2.96. The Morgan fingerprint density at radius 3 is 2.60 bits per heavy atom. The number of rotatable bonds is 2. The lowest BCUT2D eigenvalue weighted by atomic mass is 9.58. The fraction of sp³-hybridized carbons (Fsp3) is 0.900. The molecule has 0 aliphatic heterocycles. The summed E-state index contributed by atoms with van der Waals surface area (Å²) in [7, 11) is 1.44. The summed E-state index contributed by atoms with van der Waals surface area (Å²) in [6.07, 6.45) is 3.78. The van der Waals surface area contributed by atoms with Crippen LogP contribution in [0, 0.1) is 17.8 Å². The number of hydrogen-bond donors (Lipinski definition) is 0. The van der Waals surface area contributed by atoms with Crippen molar-refractivity contribution >= 4 is 5.97 Å². The van der Waals surface area contributed by atoms with Crippen molar-refractivity contribution in [3.63, 3.8) is 0 Å². The predicted octanol–water partition coefficient (Wildman–Crippen LogP) is 2.27. The summed E-state index contributed by atoms with van der Waals surface area (Å²) in [5.41, 5.74) is 8.43. The first-order chi connectivity index (χ1) is 7.27. The molecule has 2 saturated carbocycles. The molecular weight excluding hydrogens is 194 g/mol. The number of hydrogen-bond acceptors (Lipinski definition) is 3. The Bertz CT molecular complexity index is 312. The summed E-state index contributed by atoms with van der Waals surface area (Å²) in [6, 6.07) is 0.106. The van der Waals surface area contributed by atoms with Gasteiger partial charge in [0, 0.05) is 11.0 Å². The van der Waals surface area contributed by atoms with E-state index in [1.807, 2.05) is 0 Å². The zero-order chi connectivity index (χ0) is 10.8. The van der Waals surface area contributed by atoms with E-state index in [1.165, 1.54) is 7.11 Å². The minimum atomic E-state index is -0.0934. The van der Waals surface area contributed by atoms with Gasteiger partial charge in [0.15, 0.2) is 0 Å². The van der Waals surface area contributed by atoms with Crippen LogP contribution in [0.3, 0.4) is 0 Å². The molecule has 0 N–H and O–H groups in total. The van der Waals surface area contributed by atoms with Crippen LogP contribution in [0.1, 0.15) is 25.7 Å². The van der Waals surface area contributed by atoms with Crippen LogP contribution in [-0.4, -0.2) is 19.1 Å². The van der Waals surface area contributed by atoms with E-state index < -0.39 is 0 Å². The quantitative estimate of drug-likeness (QED) is 0.303. The van der Waals surface area contributed by atoms with Crippen molar-refractivity contribution in [1.29, 1.82) is 0 Å². The molecule has 82 valence electrons. The molecular formula is C10H15N3O2. The van der Waals surface area contributed by atoms with E-state index in [0.29, 0.717) is 11.8 Å². The number of azide groups is 1. The molecule has 2 rings (SSSR count). The van der Waals surface area contributed by atoms with Crippen LogP contribution in [0.25, 0.3) is 10.4 Å². The number of ether oxygens (including phenoxy) is 1. The van der Waals surface area contributed by atoms with Crippen molar-refractivity contribution in [2.45, 2.75) is 31.7 Å². The molecule has 2 fully saturated rings. The summed E-state index contributed by atoms with van der Waals surface area (Å²) < 4.78 is 4.80. The highest BCUT2D eigenvalue weighted by Crippen LogP contribution is 2.49. The standard InChI is InChI=1S/C10H15N3O2/c1-15-10(14)8-4-5-9(12-13-11)7-3-2-6(7)8/h6-9H,2-5H2,1H3. The maximum Gasteiger partial charge on any atom is 0.308 e. The number of fused-ring (bicyclic) bond motifs is 1. The molecule has 2 aliphatic rings. The number of nitrogens with zero attached hydrogens (tertiary/aromatic N) is 3. The maximum absolute atomic E-state index is 11.5. The van der Waals surface area contributed by atoms with Crippen molar-refractivity contribution in [3.8, 4) is 0 Å². The lowest BCUT2D eigenvalue weighted by Crippen LogP contribution is -2.46. The third kappa shape index (κ3) is 1.67. The summed E-state index contributed by atoms with van der Waals surface area (Å²) >= 11 is 0. The highest BCUT2D eigenvalue weighted by atomic mass is 16.5. The first kappa shape index (κ1) is 10.3. The maximum atomic E-state index is 11.5. The lowest BCUT2D eigenvalue weighted by molar-refractivity contribution is -0.153. The van der Waals surface area contributed by atoms with Gasteiger partial charge in [0.05, 0.1) is 13.0 Å². The average Bonchev–Trinajstić information content (AvgIpc) is 2.19. The lowest BCUT2D eigenvalue weighted by Gasteiger charge is -2.47. The molecule has 0 heterocycles. The Kier molecular flexibility index (Phi) is 2.82. The molecule has 5 nitrogen and oxygen atoms in total. The van der Waals surface area contributed by atoms with E-state index in [4.69, 9.17) is 10.3 Å². The highest BCUT2D eigenvalue weighted by molar-refractivity contribution is 5.73. The third-order valence-corrected chi connectivity index (χ3v) is 3.87. The Labute approximate surface area is 88.4 Å². The van der Waals surface area contributed by atoms with Crippen molar-refractivity contribution < 1.29 is 9.53 Å². The molecule has 0 amide bonds. The molecule has 0 aromatic rings. The molecule has 4 unspecified atom stereocenters. The molecule has 15 heavy (non-hydrogen) atoms. The van der Waals surface area contributed by atoms with Crippen LogP contribution < -0.4 is 0 Å². The van der Waals surface area contributed by atoms with Crippen LogP contribution in [0.5, 0.6) is 0 Å². The van der Waals surface area contributed by atoms with Crippen LogP contribution in [0.4, 0.5) is 0 Å². The Hall–Kier alpha value is -1.22. The molecule has 5 heteroatoms. The molecule has 0 saturated heterocycles. The van der Waals surface area contributed by atoms with Gasteiger partial charge in [-0.2, -0.15) is 0 Å². The van der Waals surface area contributed by atoms with Gasteiger partial charge >= 0.3 is 5.97 Å². The van der Waals surface area contributed by atoms with Gasteiger partial charge in [-0.05, 0) is 43.1 Å². The Morgan fingerprint density at radius 1 is 1.33 bits per heavy atom. The molecule has 0 spiro atoms. The van der Waals surface area contributed by atoms with Crippen LogP contribution in [0.15, 0.2) is 5.11 Å². The smallest absolute Gasteiger partial charge is 0.308 e. The topological polar surface area (TPSA) is 75.1 Å². The van der Waals surface area contributed by atoms with Crippen molar-refractivity contribution in [2.75, 3.05) is 7.11 Å². The minimum absolute atomic E-state index is 0.0406. The molecule has 0 bridgehead atoms. The van der Waals surface area contributed by atoms with Crippen LogP contribution in [0.2, 0.25) is 0 Å². The predicted molar refractivity (Wildman–Crippen MR) is 53.9 cm³/mol. The van der Waals surface area contributed by atoms with Gasteiger partial charge in [0.1, 0.15) is 0 Å². The van der Waals surface area contributed by atoms with Gasteiger partial charge in [-0.3, -0.25) is 4.79 Å². The van der Waals surface area contributed by atoms with Gasteiger partial charge in [-0.25, -0.2) is 0 Å². The first-order valence-electron chi connectivity index (χ1n) is 5.40. The largest absolute Gasteiger partial charge is 0.469 e. The second-order valence-electron chi connectivity index (χ2n) is 4.38. The molecule has 0 radical (unpaired) electrons. The Balaban J connectivity index is 2.06. The number of carbonyl (C=O) groups is 1. The second kappa shape index (κ2) is 4.11. The highest BCUT2D eigenvalue weighted by Gasteiger charge is 2.47. The van der Waals surface area contributed by atoms with Gasteiger partial charge in [-0.1, -0.05) is 5.11 Å². The molecule has 2 aliphatic carbocycles. The van der Waals surface area contributed by atoms with Gasteiger partial charge < -0.3 is 4.74 Å². The Morgan fingerprint density at radius 2 is 2.07 bits per heavy atom. The van der Waals surface area contributed by atoms with Crippen LogP contribution in [-0.2, 0) is 9.53 Å². The van der Waals surface area contributed by atoms with Gasteiger partial charge in [-0.15, -0.1) is 0 Å². The van der Waals surface area contributed by atoms with E-state index in [1.54, 1.807) is 0 Å². The van der Waals surface area contributed by atoms with Crippen LogP contribution >= 0.6 is 0 Å². The van der Waals surface area contributed by atoms with E-state index in [9.17, 15) is 4.79 Å². The monoisotopic (exact) mass is 209 g/mol. The van der Waals surface area contributed by atoms with E-state index in [0.717, 1.165) is 25.7 Å². The van der Waals surface area contributed by atoms with Crippen molar-refractivity contribution in [3.05, 3.63) is 10.4 Å². The average molecular weight is 209 g/mol. The number of carbonyl (C=O) groups excluding carboxylic acids is 1. The third-order valence-electron chi connectivity index (χ3n) is 3.87. The van der Waals surface area contributed by atoms with Crippen molar-refractivity contribution in [2.24, 2.45) is 22.9 Å². The fourth-order valence-corrected chi connectivity index (χ4v) is 2.96. The zero-order valence-electron chi connectivity index (χ0n) is 8.80. The SMILES string of the molecule is COC(=O)C1CCC(N=[N+]=[N-])C2CCC12. The van der Waals surface area contributed by atoms with E-state index in [-0.39, 0.29) is 17.9 Å². The number of methoxy groups -OCH3 is 1. The minimum Gasteiger partial charge on any atom is -0.469 e. The van der Waals surface area contributed by atoms with E-state index >= 15 is 0 Å². The van der Waals surface area contributed by atoms with Crippen molar-refractivity contribution in [1.82, 2.24) is 0 Å². The molecule has 4 atom stereocenters. The normalized spacial score (nSPS) is 38.2. The van der Waals surface area contributed by atoms with Gasteiger partial charge in [0.2, 0.25) is 0 Å². The first-order valence-corrected chi connectivity index (χ1v) is 5.40. The second-order valence-corrected chi connectivity index (χ2v) is 4.38. The summed E-state index contributed by atoms with van der Waals surface area (Å²) in [5.74, 6) is 0.753. The summed E-state index contributed by atoms with van der Waals surface area (Å²) in [4.78, 5) is 14.4. The number of esters is 1. The molecule has 0 aromatic carbocycles. The van der Waals surface area contributed by atoms with E-state index in [2.05, 4.69) is 10.0 Å².